The van der Waals surface area contributed by atoms with Gasteiger partial charge in [-0.2, -0.15) is 0 Å². The molecule has 2 aromatic heterocycles. The summed E-state index contributed by atoms with van der Waals surface area (Å²) in [5.41, 5.74) is 4.53. The van der Waals surface area contributed by atoms with Gasteiger partial charge in [0.15, 0.2) is 5.82 Å². The van der Waals surface area contributed by atoms with Gasteiger partial charge < -0.3 is 4.90 Å². The number of nitrogens with zero attached hydrogens (tertiary/aromatic N) is 5. The molecular formula is C22H23N5O. The van der Waals surface area contributed by atoms with Gasteiger partial charge in [0.05, 0.1) is 17.4 Å². The summed E-state index contributed by atoms with van der Waals surface area (Å²) in [5.74, 6) is 1.43. The number of aryl methyl sites for hydroxylation is 3. The van der Waals surface area contributed by atoms with Crippen molar-refractivity contribution in [2.45, 2.75) is 39.3 Å². The summed E-state index contributed by atoms with van der Waals surface area (Å²) in [7, 11) is 1.76. The molecule has 0 radical (unpaired) electrons. The van der Waals surface area contributed by atoms with Crippen LogP contribution in [0.5, 0.6) is 0 Å². The topological polar surface area (TPSA) is 55.4 Å². The maximum Gasteiger partial charge on any atom is 0.262 e. The summed E-state index contributed by atoms with van der Waals surface area (Å²) >= 11 is 0. The summed E-state index contributed by atoms with van der Waals surface area (Å²) < 4.78 is 3.62. The monoisotopic (exact) mass is 373 g/mol. The second-order valence-electron chi connectivity index (χ2n) is 7.78. The summed E-state index contributed by atoms with van der Waals surface area (Å²) in [5, 5.41) is 9.53. The lowest BCUT2D eigenvalue weighted by Gasteiger charge is -2.36. The van der Waals surface area contributed by atoms with Crippen molar-refractivity contribution < 1.29 is 0 Å². The van der Waals surface area contributed by atoms with Crippen LogP contribution in [-0.4, -0.2) is 25.2 Å². The molecule has 4 aromatic rings. The third-order valence-corrected chi connectivity index (χ3v) is 5.92. The fourth-order valence-corrected chi connectivity index (χ4v) is 4.31. The molecule has 0 aliphatic carbocycles. The number of hydrogen-bond donors (Lipinski definition) is 0. The minimum absolute atomic E-state index is 0.0400. The van der Waals surface area contributed by atoms with Crippen LogP contribution < -0.4 is 10.5 Å². The number of rotatable bonds is 2. The van der Waals surface area contributed by atoms with E-state index in [1.807, 2.05) is 29.5 Å². The minimum atomic E-state index is -0.0400. The highest BCUT2D eigenvalue weighted by atomic mass is 16.1. The third kappa shape index (κ3) is 2.44. The first-order chi connectivity index (χ1) is 13.5. The molecule has 0 saturated carbocycles. The van der Waals surface area contributed by atoms with Crippen LogP contribution in [0.3, 0.4) is 0 Å². The molecule has 5 rings (SSSR count). The van der Waals surface area contributed by atoms with Gasteiger partial charge >= 0.3 is 0 Å². The van der Waals surface area contributed by atoms with E-state index in [0.717, 1.165) is 29.7 Å². The lowest BCUT2D eigenvalue weighted by atomic mass is 9.96. The Morgan fingerprint density at radius 2 is 1.96 bits per heavy atom. The van der Waals surface area contributed by atoms with E-state index in [-0.39, 0.29) is 5.56 Å². The Hall–Kier alpha value is -3.15. The Balaban J connectivity index is 1.71. The van der Waals surface area contributed by atoms with Crippen LogP contribution in [0.15, 0.2) is 47.3 Å². The first kappa shape index (κ1) is 17.0. The highest BCUT2D eigenvalue weighted by molar-refractivity contribution is 5.81. The molecule has 1 aliphatic heterocycles. The zero-order valence-corrected chi connectivity index (χ0v) is 16.4. The van der Waals surface area contributed by atoms with Crippen molar-refractivity contribution in [1.82, 2.24) is 19.2 Å². The van der Waals surface area contributed by atoms with Crippen molar-refractivity contribution in [2.24, 2.45) is 7.05 Å². The number of hydrogen-bond acceptors (Lipinski definition) is 4. The second kappa shape index (κ2) is 6.19. The normalized spacial score (nSPS) is 16.7. The molecule has 0 amide bonds. The maximum absolute atomic E-state index is 12.8. The molecular weight excluding hydrogens is 350 g/mol. The summed E-state index contributed by atoms with van der Waals surface area (Å²) in [4.78, 5) is 15.2. The second-order valence-corrected chi connectivity index (χ2v) is 7.78. The minimum Gasteiger partial charge on any atom is -0.361 e. The van der Waals surface area contributed by atoms with Gasteiger partial charge in [-0.15, -0.1) is 10.2 Å². The van der Waals surface area contributed by atoms with E-state index in [1.165, 1.54) is 11.3 Å². The maximum atomic E-state index is 12.8. The number of aromatic nitrogens is 4. The van der Waals surface area contributed by atoms with Gasteiger partial charge in [0, 0.05) is 18.8 Å². The highest BCUT2D eigenvalue weighted by Crippen LogP contribution is 2.31. The lowest BCUT2D eigenvalue weighted by molar-refractivity contribution is 0.551. The Kier molecular flexibility index (Phi) is 3.75. The lowest BCUT2D eigenvalue weighted by Crippen LogP contribution is -2.37. The highest BCUT2D eigenvalue weighted by Gasteiger charge is 2.25. The fraction of sp³-hybridized carbons (Fsp3) is 0.318. The molecule has 3 heterocycles. The zero-order valence-electron chi connectivity index (χ0n) is 16.4. The average Bonchev–Trinajstić information content (AvgIpc) is 3.12. The van der Waals surface area contributed by atoms with E-state index in [9.17, 15) is 4.79 Å². The van der Waals surface area contributed by atoms with Gasteiger partial charge in [-0.1, -0.05) is 29.8 Å². The van der Waals surface area contributed by atoms with E-state index in [1.54, 1.807) is 11.6 Å². The standard InChI is InChI=1S/C22H23N5O/c1-14-8-11-19-17(12-14)21(28)25(3)22-24-23-20(27(19)22)13-26-15(2)9-10-16-6-4-5-7-18(16)26/h4-8,11-12,15H,9-10,13H2,1-3H3/t15-/m0/s1. The molecule has 0 unspecified atom stereocenters. The van der Waals surface area contributed by atoms with Crippen LogP contribution in [0, 0.1) is 6.92 Å². The first-order valence-corrected chi connectivity index (χ1v) is 9.72. The molecule has 0 saturated heterocycles. The molecule has 6 heteroatoms. The number of benzene rings is 2. The molecule has 1 aliphatic rings. The van der Waals surface area contributed by atoms with E-state index >= 15 is 0 Å². The number of para-hydroxylation sites is 1. The predicted molar refractivity (Wildman–Crippen MR) is 111 cm³/mol. The molecule has 0 spiro atoms. The van der Waals surface area contributed by atoms with Crippen molar-refractivity contribution in [1.29, 1.82) is 0 Å². The van der Waals surface area contributed by atoms with Crippen molar-refractivity contribution in [2.75, 3.05) is 4.90 Å². The van der Waals surface area contributed by atoms with Crippen LogP contribution in [-0.2, 0) is 20.0 Å². The van der Waals surface area contributed by atoms with Crippen molar-refractivity contribution in [3.63, 3.8) is 0 Å². The first-order valence-electron chi connectivity index (χ1n) is 9.72. The number of fused-ring (bicyclic) bond motifs is 4. The molecule has 0 fully saturated rings. The predicted octanol–water partition coefficient (Wildman–Crippen LogP) is 3.23. The molecule has 2 aromatic carbocycles. The van der Waals surface area contributed by atoms with E-state index in [4.69, 9.17) is 0 Å². The van der Waals surface area contributed by atoms with Gasteiger partial charge in [-0.25, -0.2) is 0 Å². The van der Waals surface area contributed by atoms with Gasteiger partial charge in [0.2, 0.25) is 5.78 Å². The van der Waals surface area contributed by atoms with Crippen LogP contribution in [0.2, 0.25) is 0 Å². The molecule has 0 bridgehead atoms. The molecule has 28 heavy (non-hydrogen) atoms. The Morgan fingerprint density at radius 3 is 2.82 bits per heavy atom. The van der Waals surface area contributed by atoms with Crippen molar-refractivity contribution in [3.05, 3.63) is 69.8 Å². The Bertz CT molecular complexity index is 1270. The summed E-state index contributed by atoms with van der Waals surface area (Å²) in [6.07, 6.45) is 2.22. The molecule has 6 nitrogen and oxygen atoms in total. The average molecular weight is 373 g/mol. The molecule has 142 valence electrons. The van der Waals surface area contributed by atoms with Crippen LogP contribution in [0.4, 0.5) is 5.69 Å². The van der Waals surface area contributed by atoms with E-state index in [2.05, 4.69) is 46.3 Å². The third-order valence-electron chi connectivity index (χ3n) is 5.92. The molecule has 1 atom stereocenters. The quantitative estimate of drug-likeness (QED) is 0.541. The molecule has 0 N–H and O–H groups in total. The largest absolute Gasteiger partial charge is 0.361 e. The van der Waals surface area contributed by atoms with Gasteiger partial charge in [0.1, 0.15) is 0 Å². The van der Waals surface area contributed by atoms with Crippen LogP contribution in [0.25, 0.3) is 16.7 Å². The van der Waals surface area contributed by atoms with Gasteiger partial charge in [-0.3, -0.25) is 13.8 Å². The smallest absolute Gasteiger partial charge is 0.262 e. The van der Waals surface area contributed by atoms with E-state index in [0.29, 0.717) is 23.8 Å². The van der Waals surface area contributed by atoms with Crippen molar-refractivity contribution in [3.8, 4) is 0 Å². The number of anilines is 1. The van der Waals surface area contributed by atoms with Crippen LogP contribution in [0.1, 0.15) is 30.3 Å². The fourth-order valence-electron chi connectivity index (χ4n) is 4.31. The van der Waals surface area contributed by atoms with E-state index < -0.39 is 0 Å². The SMILES string of the molecule is Cc1ccc2c(c1)c(=O)n(C)c1nnc(CN3c4ccccc4CC[C@@H]3C)n21. The van der Waals surface area contributed by atoms with Crippen LogP contribution >= 0.6 is 0 Å². The summed E-state index contributed by atoms with van der Waals surface area (Å²) in [6, 6.07) is 15.0. The zero-order chi connectivity index (χ0) is 19.4. The van der Waals surface area contributed by atoms with Gasteiger partial charge in [0.25, 0.3) is 5.56 Å². The summed E-state index contributed by atoms with van der Waals surface area (Å²) in [6.45, 7) is 4.92. The Morgan fingerprint density at radius 1 is 1.14 bits per heavy atom. The van der Waals surface area contributed by atoms with Gasteiger partial charge in [-0.05, 0) is 50.5 Å². The van der Waals surface area contributed by atoms with Crippen molar-refractivity contribution >= 4 is 22.4 Å². The Labute approximate surface area is 163 Å².